The first-order valence-electron chi connectivity index (χ1n) is 4.40. The molecule has 0 atom stereocenters. The third-order valence-corrected chi connectivity index (χ3v) is 2.38. The van der Waals surface area contributed by atoms with Crippen LogP contribution in [-0.4, -0.2) is 13.1 Å². The average molecular weight is 220 g/mol. The van der Waals surface area contributed by atoms with Crippen LogP contribution in [0, 0.1) is 17.6 Å². The molecule has 14 heavy (non-hydrogen) atoms. The van der Waals surface area contributed by atoms with Gasteiger partial charge in [-0.1, -0.05) is 0 Å². The van der Waals surface area contributed by atoms with E-state index in [0.29, 0.717) is 17.9 Å². The molecule has 0 aliphatic carbocycles. The van der Waals surface area contributed by atoms with Gasteiger partial charge < -0.3 is 5.32 Å². The highest BCUT2D eigenvalue weighted by molar-refractivity contribution is 5.85. The molecular formula is C10H12ClF2N. The summed E-state index contributed by atoms with van der Waals surface area (Å²) in [5, 5.41) is 3.10. The van der Waals surface area contributed by atoms with E-state index in [0.717, 1.165) is 19.2 Å². The lowest BCUT2D eigenvalue weighted by Crippen LogP contribution is -2.43. The fourth-order valence-electron chi connectivity index (χ4n) is 1.50. The maximum absolute atomic E-state index is 13.1. The largest absolute Gasteiger partial charge is 0.316 e. The summed E-state index contributed by atoms with van der Waals surface area (Å²) < 4.78 is 25.8. The molecule has 0 amide bonds. The monoisotopic (exact) mass is 219 g/mol. The fraction of sp³-hybridized carbons (Fsp3) is 0.400. The van der Waals surface area contributed by atoms with Crippen molar-refractivity contribution in [3.05, 3.63) is 35.4 Å². The molecule has 0 radical (unpaired) electrons. The van der Waals surface area contributed by atoms with Crippen LogP contribution in [-0.2, 0) is 6.42 Å². The molecule has 1 aromatic carbocycles. The van der Waals surface area contributed by atoms with E-state index in [9.17, 15) is 8.78 Å². The van der Waals surface area contributed by atoms with E-state index >= 15 is 0 Å². The number of hydrogen-bond donors (Lipinski definition) is 1. The molecule has 1 fully saturated rings. The lowest BCUT2D eigenvalue weighted by Gasteiger charge is -2.27. The predicted octanol–water partition coefficient (Wildman–Crippen LogP) is 2.15. The predicted molar refractivity (Wildman–Crippen MR) is 53.7 cm³/mol. The van der Waals surface area contributed by atoms with Crippen molar-refractivity contribution in [1.29, 1.82) is 0 Å². The van der Waals surface area contributed by atoms with E-state index in [1.54, 1.807) is 0 Å². The van der Waals surface area contributed by atoms with Crippen LogP contribution in [0.3, 0.4) is 0 Å². The Kier molecular flexibility index (Phi) is 3.84. The van der Waals surface area contributed by atoms with Crippen molar-refractivity contribution >= 4 is 12.4 Å². The van der Waals surface area contributed by atoms with Crippen LogP contribution in [0.25, 0.3) is 0 Å². The third-order valence-electron chi connectivity index (χ3n) is 2.38. The molecule has 1 N–H and O–H groups in total. The van der Waals surface area contributed by atoms with Gasteiger partial charge in [-0.25, -0.2) is 8.78 Å². The van der Waals surface area contributed by atoms with E-state index in [1.807, 2.05) is 0 Å². The van der Waals surface area contributed by atoms with Gasteiger partial charge in [-0.15, -0.1) is 12.4 Å². The zero-order valence-electron chi connectivity index (χ0n) is 7.59. The molecular weight excluding hydrogens is 208 g/mol. The van der Waals surface area contributed by atoms with Crippen molar-refractivity contribution in [2.24, 2.45) is 5.92 Å². The van der Waals surface area contributed by atoms with Gasteiger partial charge in [0.05, 0.1) is 0 Å². The van der Waals surface area contributed by atoms with Gasteiger partial charge in [0.2, 0.25) is 0 Å². The van der Waals surface area contributed by atoms with Crippen molar-refractivity contribution in [2.45, 2.75) is 6.42 Å². The van der Waals surface area contributed by atoms with Crippen molar-refractivity contribution in [3.8, 4) is 0 Å². The van der Waals surface area contributed by atoms with Crippen LogP contribution in [0.15, 0.2) is 18.2 Å². The summed E-state index contributed by atoms with van der Waals surface area (Å²) in [5.41, 5.74) is 0.492. The quantitative estimate of drug-likeness (QED) is 0.804. The Morgan fingerprint density at radius 1 is 1.29 bits per heavy atom. The molecule has 0 bridgehead atoms. The first-order valence-corrected chi connectivity index (χ1v) is 4.40. The van der Waals surface area contributed by atoms with Gasteiger partial charge >= 0.3 is 0 Å². The minimum atomic E-state index is -0.358. The second-order valence-corrected chi connectivity index (χ2v) is 3.46. The fourth-order valence-corrected chi connectivity index (χ4v) is 1.50. The van der Waals surface area contributed by atoms with Gasteiger partial charge in [-0.2, -0.15) is 0 Å². The number of nitrogens with one attached hydrogen (secondary N) is 1. The van der Waals surface area contributed by atoms with Gasteiger partial charge in [-0.05, 0) is 49.2 Å². The average Bonchev–Trinajstić information content (AvgIpc) is 2.03. The summed E-state index contributed by atoms with van der Waals surface area (Å²) in [6, 6.07) is 3.63. The molecule has 0 saturated carbocycles. The topological polar surface area (TPSA) is 12.0 Å². The highest BCUT2D eigenvalue weighted by Gasteiger charge is 2.18. The Bertz CT molecular complexity index is 313. The Labute approximate surface area is 87.9 Å². The van der Waals surface area contributed by atoms with E-state index in [4.69, 9.17) is 0 Å². The van der Waals surface area contributed by atoms with Crippen LogP contribution in [0.4, 0.5) is 8.78 Å². The summed E-state index contributed by atoms with van der Waals surface area (Å²) >= 11 is 0. The minimum Gasteiger partial charge on any atom is -0.316 e. The SMILES string of the molecule is Cl.Fc1ccc(F)c(CC2CNC2)c1. The van der Waals surface area contributed by atoms with Gasteiger partial charge in [0.1, 0.15) is 11.6 Å². The number of benzene rings is 1. The van der Waals surface area contributed by atoms with E-state index < -0.39 is 0 Å². The van der Waals surface area contributed by atoms with Gasteiger partial charge in [0.15, 0.2) is 0 Å². The molecule has 1 aliphatic heterocycles. The second-order valence-electron chi connectivity index (χ2n) is 3.46. The van der Waals surface area contributed by atoms with Crippen LogP contribution in [0.2, 0.25) is 0 Å². The summed E-state index contributed by atoms with van der Waals surface area (Å²) in [6.07, 6.45) is 0.636. The highest BCUT2D eigenvalue weighted by Crippen LogP contribution is 2.16. The van der Waals surface area contributed by atoms with Crippen molar-refractivity contribution in [3.63, 3.8) is 0 Å². The summed E-state index contributed by atoms with van der Waals surface area (Å²) in [7, 11) is 0. The van der Waals surface area contributed by atoms with E-state index in [2.05, 4.69) is 5.32 Å². The Balaban J connectivity index is 0.000000980. The van der Waals surface area contributed by atoms with Crippen LogP contribution in [0.1, 0.15) is 5.56 Å². The summed E-state index contributed by atoms with van der Waals surface area (Å²) in [6.45, 7) is 1.83. The smallest absolute Gasteiger partial charge is 0.126 e. The molecule has 1 aromatic rings. The van der Waals surface area contributed by atoms with Crippen molar-refractivity contribution in [2.75, 3.05) is 13.1 Å². The first kappa shape index (κ1) is 11.4. The second kappa shape index (κ2) is 4.71. The third kappa shape index (κ3) is 2.42. The molecule has 0 spiro atoms. The molecule has 1 saturated heterocycles. The Hall–Kier alpha value is -0.670. The lowest BCUT2D eigenvalue weighted by molar-refractivity contribution is 0.342. The summed E-state index contributed by atoms with van der Waals surface area (Å²) in [4.78, 5) is 0. The maximum atomic E-state index is 13.1. The molecule has 4 heteroatoms. The van der Waals surface area contributed by atoms with Crippen LogP contribution in [0.5, 0.6) is 0 Å². The van der Waals surface area contributed by atoms with Crippen LogP contribution >= 0.6 is 12.4 Å². The van der Waals surface area contributed by atoms with Crippen LogP contribution < -0.4 is 5.32 Å². The van der Waals surface area contributed by atoms with Gasteiger partial charge in [0.25, 0.3) is 0 Å². The number of rotatable bonds is 2. The maximum Gasteiger partial charge on any atom is 0.126 e. The minimum absolute atomic E-state index is 0. The Morgan fingerprint density at radius 3 is 2.57 bits per heavy atom. The molecule has 78 valence electrons. The molecule has 1 aliphatic rings. The molecule has 1 nitrogen and oxygen atoms in total. The van der Waals surface area contributed by atoms with Gasteiger partial charge in [-0.3, -0.25) is 0 Å². The summed E-state index contributed by atoms with van der Waals surface area (Å²) in [5.74, 6) is -0.187. The lowest BCUT2D eigenvalue weighted by atomic mass is 9.94. The van der Waals surface area contributed by atoms with E-state index in [-0.39, 0.29) is 24.0 Å². The molecule has 0 aromatic heterocycles. The first-order chi connectivity index (χ1) is 6.25. The number of hydrogen-bond acceptors (Lipinski definition) is 1. The number of halogens is 3. The van der Waals surface area contributed by atoms with Gasteiger partial charge in [0, 0.05) is 0 Å². The standard InChI is InChI=1S/C10H11F2N.ClH/c11-9-1-2-10(12)8(4-9)3-7-5-13-6-7;/h1-2,4,7,13H,3,5-6H2;1H. The Morgan fingerprint density at radius 2 is 2.00 bits per heavy atom. The van der Waals surface area contributed by atoms with E-state index in [1.165, 1.54) is 12.1 Å². The zero-order valence-corrected chi connectivity index (χ0v) is 8.41. The zero-order chi connectivity index (χ0) is 9.26. The highest BCUT2D eigenvalue weighted by atomic mass is 35.5. The molecule has 1 heterocycles. The molecule has 2 rings (SSSR count). The van der Waals surface area contributed by atoms with Crippen molar-refractivity contribution in [1.82, 2.24) is 5.32 Å². The molecule has 0 unspecified atom stereocenters. The van der Waals surface area contributed by atoms with Crippen molar-refractivity contribution < 1.29 is 8.78 Å². The normalized spacial score (nSPS) is 15.9.